The minimum Gasteiger partial charge on any atom is -0.110 e. The third-order valence-electron chi connectivity index (χ3n) is 0.550. The third kappa shape index (κ3) is 6.86. The van der Waals surface area contributed by atoms with E-state index in [1.54, 1.807) is 0 Å². The van der Waals surface area contributed by atoms with E-state index in [-0.39, 0.29) is 9.90 Å². The molecule has 2 radical (unpaired) electrons. The van der Waals surface area contributed by atoms with Crippen molar-refractivity contribution in [1.29, 1.82) is 0 Å². The van der Waals surface area contributed by atoms with Crippen molar-refractivity contribution >= 4 is 40.6 Å². The molecule has 0 N–H and O–H groups in total. The molecule has 0 saturated carbocycles. The van der Waals surface area contributed by atoms with Crippen LogP contribution in [0.3, 0.4) is 0 Å². The average Bonchev–Trinajstić information content (AvgIpc) is 1.27. The van der Waals surface area contributed by atoms with Crippen LogP contribution in [-0.2, 0) is 0 Å². The summed E-state index contributed by atoms with van der Waals surface area (Å²) in [5, 5.41) is 0. The van der Waals surface area contributed by atoms with Crippen LogP contribution in [0, 0.1) is 0 Å². The first-order valence-corrected chi connectivity index (χ1v) is 4.67. The first kappa shape index (κ1) is 7.86. The van der Waals surface area contributed by atoms with Gasteiger partial charge in [-0.05, 0) is 0 Å². The Labute approximate surface area is 57.8 Å². The lowest BCUT2D eigenvalue weighted by Crippen LogP contribution is -2.07. The Balaban J connectivity index is 2.95. The van der Waals surface area contributed by atoms with Gasteiger partial charge in [-0.15, -0.1) is 23.2 Å². The molecule has 0 heterocycles. The van der Waals surface area contributed by atoms with E-state index in [9.17, 15) is 0 Å². The molecule has 0 bridgehead atoms. The van der Waals surface area contributed by atoms with E-state index in [0.29, 0.717) is 0 Å². The Hall–Kier alpha value is 0.862. The summed E-state index contributed by atoms with van der Waals surface area (Å²) >= 11 is 10.8. The van der Waals surface area contributed by atoms with E-state index < -0.39 is 9.52 Å². The summed E-state index contributed by atoms with van der Waals surface area (Å²) in [6, 6.07) is 0. The Kier molecular flexibility index (Phi) is 4.28. The van der Waals surface area contributed by atoms with Crippen LogP contribution in [0.2, 0.25) is 5.44 Å². The van der Waals surface area contributed by atoms with Gasteiger partial charge in [-0.2, -0.15) is 0 Å². The van der Waals surface area contributed by atoms with E-state index in [1.165, 1.54) is 0 Å². The van der Waals surface area contributed by atoms with Gasteiger partial charge in [0, 0.05) is 0 Å². The molecule has 0 spiro atoms. The molecule has 0 rings (SSSR count). The first-order valence-electron chi connectivity index (χ1n) is 2.16. The minimum absolute atomic E-state index is 0.167. The van der Waals surface area contributed by atoms with E-state index in [0.717, 1.165) is 0 Å². The van der Waals surface area contributed by atoms with Crippen molar-refractivity contribution in [3.63, 3.8) is 0 Å². The molecule has 0 aliphatic carbocycles. The lowest BCUT2D eigenvalue weighted by Gasteiger charge is -2.00. The monoisotopic (exact) mass is 152 g/mol. The van der Waals surface area contributed by atoms with Crippen LogP contribution in [0.4, 0.5) is 0 Å². The van der Waals surface area contributed by atoms with Crippen molar-refractivity contribution in [2.75, 3.05) is 0 Å². The molecule has 0 saturated heterocycles. The zero-order valence-electron chi connectivity index (χ0n) is 4.20. The van der Waals surface area contributed by atoms with Crippen LogP contribution in [0.5, 0.6) is 0 Å². The van der Waals surface area contributed by atoms with E-state index >= 15 is 0 Å². The predicted octanol–water partition coefficient (Wildman–Crippen LogP) is 0.851. The number of halogens is 2. The Bertz CT molecular complexity index is 42.2. The van der Waals surface area contributed by atoms with Crippen LogP contribution in [0.1, 0.15) is 6.92 Å². The van der Waals surface area contributed by atoms with Gasteiger partial charge in [0.05, 0.1) is 21.8 Å². The highest BCUT2D eigenvalue weighted by atomic mass is 35.5. The number of rotatable bonds is 2. The first-order chi connectivity index (χ1) is 3.13. The quantitative estimate of drug-likeness (QED) is 0.407. The summed E-state index contributed by atoms with van der Waals surface area (Å²) in [6.45, 7) is 1.93. The van der Waals surface area contributed by atoms with Gasteiger partial charge in [-0.1, -0.05) is 12.4 Å². The van der Waals surface area contributed by atoms with Crippen LogP contribution in [0.25, 0.3) is 0 Å². The van der Waals surface area contributed by atoms with Crippen molar-refractivity contribution in [3.8, 4) is 0 Å². The van der Waals surface area contributed by atoms with Crippen LogP contribution < -0.4 is 0 Å². The van der Waals surface area contributed by atoms with Gasteiger partial charge in [0.1, 0.15) is 0 Å². The van der Waals surface area contributed by atoms with Crippen molar-refractivity contribution < 1.29 is 0 Å². The second-order valence-electron chi connectivity index (χ2n) is 1.60. The fourth-order valence-electron chi connectivity index (χ4n) is 0.281. The molecule has 0 aromatic carbocycles. The van der Waals surface area contributed by atoms with Crippen LogP contribution in [-0.4, -0.2) is 21.8 Å². The predicted molar refractivity (Wildman–Crippen MR) is 39.2 cm³/mol. The van der Waals surface area contributed by atoms with Gasteiger partial charge < -0.3 is 0 Å². The normalized spacial score (nSPS) is 16.6. The summed E-state index contributed by atoms with van der Waals surface area (Å²) in [6.07, 6.45) is 0. The van der Waals surface area contributed by atoms with Gasteiger partial charge in [0.15, 0.2) is 0 Å². The topological polar surface area (TPSA) is 0 Å². The summed E-state index contributed by atoms with van der Waals surface area (Å²) in [4.78, 5) is 0. The van der Waals surface area contributed by atoms with Gasteiger partial charge in [-0.25, -0.2) is 0 Å². The molecule has 0 amide bonds. The molecule has 0 aromatic heterocycles. The highest BCUT2D eigenvalue weighted by molar-refractivity contribution is 6.72. The maximum atomic E-state index is 5.42. The molecule has 40 valence electrons. The molecule has 0 aliphatic heterocycles. The molecule has 0 aromatic rings. The highest BCUT2D eigenvalue weighted by Crippen LogP contribution is 2.05. The Morgan fingerprint density at radius 1 is 1.57 bits per heavy atom. The Morgan fingerprint density at radius 3 is 2.00 bits per heavy atom. The number of alkyl halides is 2. The van der Waals surface area contributed by atoms with Crippen LogP contribution in [0.15, 0.2) is 0 Å². The fraction of sp³-hybridized carbons (Fsp3) is 1.00. The second-order valence-corrected chi connectivity index (χ2v) is 6.49. The summed E-state index contributed by atoms with van der Waals surface area (Å²) in [7, 11) is 4.98. The summed E-state index contributed by atoms with van der Waals surface area (Å²) < 4.78 is -0.167. The molecule has 1 atom stereocenters. The maximum Gasteiger partial charge on any atom is 0.0903 e. The SMILES string of the molecule is [B]C(C)[SiH2]C(Cl)Cl. The van der Waals surface area contributed by atoms with Gasteiger partial charge in [0.25, 0.3) is 0 Å². The number of hydrogen-bond acceptors (Lipinski definition) is 0. The molecule has 0 nitrogen and oxygen atoms in total. The largest absolute Gasteiger partial charge is 0.110 e. The molecule has 4 heteroatoms. The van der Waals surface area contributed by atoms with Crippen LogP contribution >= 0.6 is 23.2 Å². The molecule has 1 unspecified atom stereocenters. The Morgan fingerprint density at radius 2 is 2.00 bits per heavy atom. The van der Waals surface area contributed by atoms with E-state index in [4.69, 9.17) is 31.0 Å². The zero-order valence-corrected chi connectivity index (χ0v) is 7.12. The minimum atomic E-state index is -0.410. The van der Waals surface area contributed by atoms with Gasteiger partial charge in [0.2, 0.25) is 0 Å². The van der Waals surface area contributed by atoms with Crippen molar-refractivity contribution in [3.05, 3.63) is 0 Å². The zero-order chi connectivity index (χ0) is 5.86. The number of hydrogen-bond donors (Lipinski definition) is 0. The fourth-order valence-corrected chi connectivity index (χ4v) is 2.53. The average molecular weight is 153 g/mol. The molecule has 0 aliphatic rings. The molecule has 7 heavy (non-hydrogen) atoms. The molecular formula is C3H7BCl2Si. The van der Waals surface area contributed by atoms with Gasteiger partial charge in [-0.3, -0.25) is 0 Å². The lowest BCUT2D eigenvalue weighted by atomic mass is 10.1. The lowest BCUT2D eigenvalue weighted by molar-refractivity contribution is 1.32. The van der Waals surface area contributed by atoms with Crippen molar-refractivity contribution in [2.24, 2.45) is 0 Å². The summed E-state index contributed by atoms with van der Waals surface area (Å²) in [5.74, 6) is 0. The third-order valence-corrected chi connectivity index (χ3v) is 2.72. The van der Waals surface area contributed by atoms with Crippen molar-refractivity contribution in [2.45, 2.75) is 16.8 Å². The second kappa shape index (κ2) is 3.81. The maximum absolute atomic E-state index is 5.42. The van der Waals surface area contributed by atoms with Crippen molar-refractivity contribution in [1.82, 2.24) is 0 Å². The highest BCUT2D eigenvalue weighted by Gasteiger charge is 2.01. The van der Waals surface area contributed by atoms with E-state index in [2.05, 4.69) is 0 Å². The molecular weight excluding hydrogens is 146 g/mol. The van der Waals surface area contributed by atoms with E-state index in [1.807, 2.05) is 6.92 Å². The van der Waals surface area contributed by atoms with Gasteiger partial charge >= 0.3 is 0 Å². The summed E-state index contributed by atoms with van der Waals surface area (Å²) in [5.41, 5.74) is 0.250. The standard InChI is InChI=1S/C3H7BCl2Si/c1-2(4)7-3(5)6/h2-3H,7H2,1H3. The molecule has 0 fully saturated rings. The smallest absolute Gasteiger partial charge is 0.0903 e.